The first kappa shape index (κ1) is 17.1. The van der Waals surface area contributed by atoms with Gasteiger partial charge in [-0.15, -0.1) is 0 Å². The van der Waals surface area contributed by atoms with Crippen LogP contribution in [0.4, 0.5) is 11.4 Å². The predicted octanol–water partition coefficient (Wildman–Crippen LogP) is 5.19. The summed E-state index contributed by atoms with van der Waals surface area (Å²) in [5, 5.41) is 3.67. The quantitative estimate of drug-likeness (QED) is 0.647. The summed E-state index contributed by atoms with van der Waals surface area (Å²) < 4.78 is 0. The van der Waals surface area contributed by atoms with E-state index < -0.39 is 0 Å². The molecule has 0 aliphatic heterocycles. The van der Waals surface area contributed by atoms with Crippen molar-refractivity contribution >= 4 is 46.2 Å². The van der Waals surface area contributed by atoms with Crippen LogP contribution in [-0.4, -0.2) is 11.0 Å². The van der Waals surface area contributed by atoms with Gasteiger partial charge in [0.25, 0.3) is 5.91 Å². The molecule has 0 aromatic heterocycles. The molecule has 0 radical (unpaired) electrons. The molecule has 0 saturated heterocycles. The monoisotopic (exact) mass is 366 g/mol. The number of anilines is 2. The largest absolute Gasteiger partial charge is 0.298 e. The van der Waals surface area contributed by atoms with Crippen LogP contribution in [0.15, 0.2) is 84.9 Å². The lowest BCUT2D eigenvalue weighted by Gasteiger charge is -2.25. The van der Waals surface area contributed by atoms with Crippen LogP contribution in [0.3, 0.4) is 0 Å². The number of rotatable bonds is 3. The number of nitrogens with one attached hydrogen (secondary N) is 1. The Morgan fingerprint density at radius 1 is 0.800 bits per heavy atom. The number of carbonyl (C=O) groups excluding carboxylic acids is 1. The van der Waals surface area contributed by atoms with E-state index in [4.69, 9.17) is 23.8 Å². The number of carbonyl (C=O) groups is 1. The van der Waals surface area contributed by atoms with E-state index in [1.165, 1.54) is 0 Å². The van der Waals surface area contributed by atoms with Gasteiger partial charge in [0.05, 0.1) is 0 Å². The topological polar surface area (TPSA) is 32.3 Å². The highest BCUT2D eigenvalue weighted by atomic mass is 35.5. The molecule has 0 unspecified atom stereocenters. The minimum absolute atomic E-state index is 0.279. The zero-order chi connectivity index (χ0) is 17.6. The number of hydrogen-bond acceptors (Lipinski definition) is 2. The molecule has 0 spiro atoms. The number of hydrogen-bond donors (Lipinski definition) is 1. The number of benzene rings is 3. The highest BCUT2D eigenvalue weighted by molar-refractivity contribution is 7.80. The normalized spacial score (nSPS) is 10.1. The molecule has 1 amide bonds. The van der Waals surface area contributed by atoms with Crippen molar-refractivity contribution in [1.29, 1.82) is 0 Å². The molecule has 1 N–H and O–H groups in total. The molecule has 0 bridgehead atoms. The summed E-state index contributed by atoms with van der Waals surface area (Å²) in [5.41, 5.74) is 2.23. The van der Waals surface area contributed by atoms with Gasteiger partial charge >= 0.3 is 0 Å². The average molecular weight is 367 g/mol. The zero-order valence-electron chi connectivity index (χ0n) is 13.2. The molecular formula is C20H15ClN2OS. The van der Waals surface area contributed by atoms with Gasteiger partial charge in [-0.05, 0) is 60.7 Å². The van der Waals surface area contributed by atoms with Crippen molar-refractivity contribution in [2.45, 2.75) is 0 Å². The molecule has 5 heteroatoms. The molecule has 3 aromatic rings. The fourth-order valence-electron chi connectivity index (χ4n) is 2.36. The van der Waals surface area contributed by atoms with Gasteiger partial charge in [0.1, 0.15) is 0 Å². The Balaban J connectivity index is 1.87. The molecule has 0 saturated carbocycles. The summed E-state index contributed by atoms with van der Waals surface area (Å²) in [6.45, 7) is 0. The van der Waals surface area contributed by atoms with Crippen LogP contribution in [0.1, 0.15) is 10.4 Å². The average Bonchev–Trinajstić information content (AvgIpc) is 2.64. The maximum Gasteiger partial charge on any atom is 0.257 e. The smallest absolute Gasteiger partial charge is 0.257 e. The number of halogens is 1. The van der Waals surface area contributed by atoms with Gasteiger partial charge in [-0.3, -0.25) is 15.0 Å². The lowest BCUT2D eigenvalue weighted by Crippen LogP contribution is -2.40. The van der Waals surface area contributed by atoms with E-state index in [1.54, 1.807) is 24.3 Å². The third kappa shape index (κ3) is 4.24. The van der Waals surface area contributed by atoms with Crippen LogP contribution in [-0.2, 0) is 0 Å². The summed E-state index contributed by atoms with van der Waals surface area (Å²) in [6.07, 6.45) is 0. The van der Waals surface area contributed by atoms with Crippen LogP contribution < -0.4 is 10.2 Å². The molecule has 0 fully saturated rings. The molecule has 0 heterocycles. The molecule has 3 aromatic carbocycles. The van der Waals surface area contributed by atoms with E-state index in [2.05, 4.69) is 5.32 Å². The molecule has 0 atom stereocenters. The lowest BCUT2D eigenvalue weighted by molar-refractivity contribution is 0.0977. The van der Waals surface area contributed by atoms with Crippen LogP contribution in [0.2, 0.25) is 5.02 Å². The van der Waals surface area contributed by atoms with Crippen molar-refractivity contribution in [1.82, 2.24) is 5.32 Å². The second-order valence-corrected chi connectivity index (χ2v) is 6.10. The van der Waals surface area contributed by atoms with E-state index in [9.17, 15) is 4.79 Å². The lowest BCUT2D eigenvalue weighted by atomic mass is 10.2. The Morgan fingerprint density at radius 3 is 1.76 bits per heavy atom. The van der Waals surface area contributed by atoms with Gasteiger partial charge in [0.15, 0.2) is 5.11 Å². The van der Waals surface area contributed by atoms with E-state index in [1.807, 2.05) is 65.6 Å². The van der Waals surface area contributed by atoms with Gasteiger partial charge in [-0.25, -0.2) is 0 Å². The summed E-state index contributed by atoms with van der Waals surface area (Å²) >= 11 is 11.4. The van der Waals surface area contributed by atoms with Crippen molar-refractivity contribution in [3.05, 3.63) is 95.5 Å². The maximum atomic E-state index is 12.5. The number of para-hydroxylation sites is 2. The summed E-state index contributed by atoms with van der Waals surface area (Å²) in [5.74, 6) is -0.279. The molecular weight excluding hydrogens is 352 g/mol. The number of amides is 1. The summed E-state index contributed by atoms with van der Waals surface area (Å²) in [7, 11) is 0. The van der Waals surface area contributed by atoms with Crippen molar-refractivity contribution in [2.24, 2.45) is 0 Å². The molecule has 0 aliphatic rings. The zero-order valence-corrected chi connectivity index (χ0v) is 14.8. The standard InChI is InChI=1S/C20H15ClN2OS/c21-16-13-11-15(12-14-16)19(24)22-20(25)23(17-7-3-1-4-8-17)18-9-5-2-6-10-18/h1-14H,(H,22,24,25). The Kier molecular flexibility index (Phi) is 5.43. The molecule has 3 rings (SSSR count). The molecule has 0 aliphatic carbocycles. The first-order valence-electron chi connectivity index (χ1n) is 7.66. The molecule has 3 nitrogen and oxygen atoms in total. The third-order valence-corrected chi connectivity index (χ3v) is 4.10. The van der Waals surface area contributed by atoms with Gasteiger partial charge in [-0.2, -0.15) is 0 Å². The van der Waals surface area contributed by atoms with Gasteiger partial charge in [0, 0.05) is 22.0 Å². The predicted molar refractivity (Wildman–Crippen MR) is 107 cm³/mol. The highest BCUT2D eigenvalue weighted by Gasteiger charge is 2.17. The Hall–Kier alpha value is -2.69. The third-order valence-electron chi connectivity index (χ3n) is 3.56. The fraction of sp³-hybridized carbons (Fsp3) is 0. The van der Waals surface area contributed by atoms with Crippen molar-refractivity contribution < 1.29 is 4.79 Å². The fourth-order valence-corrected chi connectivity index (χ4v) is 2.79. The highest BCUT2D eigenvalue weighted by Crippen LogP contribution is 2.25. The first-order chi connectivity index (χ1) is 12.1. The van der Waals surface area contributed by atoms with E-state index >= 15 is 0 Å². The Morgan fingerprint density at radius 2 is 1.28 bits per heavy atom. The number of thiocarbonyl (C=S) groups is 1. The van der Waals surface area contributed by atoms with Crippen LogP contribution in [0, 0.1) is 0 Å². The van der Waals surface area contributed by atoms with E-state index in [0.29, 0.717) is 15.7 Å². The summed E-state index contributed by atoms with van der Waals surface area (Å²) in [6, 6.07) is 26.0. The minimum Gasteiger partial charge on any atom is -0.298 e. The van der Waals surface area contributed by atoms with Crippen LogP contribution in [0.25, 0.3) is 0 Å². The number of nitrogens with zero attached hydrogens (tertiary/aromatic N) is 1. The van der Waals surface area contributed by atoms with Crippen LogP contribution >= 0.6 is 23.8 Å². The molecule has 124 valence electrons. The summed E-state index contributed by atoms with van der Waals surface area (Å²) in [4.78, 5) is 14.3. The van der Waals surface area contributed by atoms with Crippen molar-refractivity contribution in [2.75, 3.05) is 4.90 Å². The Labute approximate surface area is 156 Å². The van der Waals surface area contributed by atoms with Gasteiger partial charge in [-0.1, -0.05) is 48.0 Å². The minimum atomic E-state index is -0.279. The maximum absolute atomic E-state index is 12.5. The van der Waals surface area contributed by atoms with Gasteiger partial charge in [0.2, 0.25) is 0 Å². The van der Waals surface area contributed by atoms with Crippen LogP contribution in [0.5, 0.6) is 0 Å². The van der Waals surface area contributed by atoms with Gasteiger partial charge < -0.3 is 0 Å². The SMILES string of the molecule is O=C(NC(=S)N(c1ccccc1)c1ccccc1)c1ccc(Cl)cc1. The van der Waals surface area contributed by atoms with E-state index in [0.717, 1.165) is 11.4 Å². The first-order valence-corrected chi connectivity index (χ1v) is 8.45. The van der Waals surface area contributed by atoms with Crippen molar-refractivity contribution in [3.63, 3.8) is 0 Å². The molecule has 25 heavy (non-hydrogen) atoms. The second-order valence-electron chi connectivity index (χ2n) is 5.27. The van der Waals surface area contributed by atoms with Crippen molar-refractivity contribution in [3.8, 4) is 0 Å². The Bertz CT molecular complexity index is 828. The second kappa shape index (κ2) is 7.92. The van der Waals surface area contributed by atoms with E-state index in [-0.39, 0.29) is 5.91 Å².